The van der Waals surface area contributed by atoms with Gasteiger partial charge in [-0.25, -0.2) is 0 Å². The SMILES string of the molecule is CC(NC1CCc2cc(Br)ccc2C1)c1cccnc1. The fraction of sp³-hybridized carbons (Fsp3) is 0.353. The molecule has 2 atom stereocenters. The average Bonchev–Trinajstić information content (AvgIpc) is 2.48. The summed E-state index contributed by atoms with van der Waals surface area (Å²) in [6, 6.07) is 11.7. The van der Waals surface area contributed by atoms with Gasteiger partial charge < -0.3 is 5.32 Å². The van der Waals surface area contributed by atoms with Gasteiger partial charge in [0.15, 0.2) is 0 Å². The number of halogens is 1. The highest BCUT2D eigenvalue weighted by molar-refractivity contribution is 9.10. The standard InChI is InChI=1S/C17H19BrN2/c1-12(15-3-2-8-19-11-15)20-17-7-5-13-9-16(18)6-4-14(13)10-17/h2-4,6,8-9,11-12,17,20H,5,7,10H2,1H3. The maximum Gasteiger partial charge on any atom is 0.0315 e. The Labute approximate surface area is 128 Å². The molecule has 1 N–H and O–H groups in total. The van der Waals surface area contributed by atoms with Gasteiger partial charge in [0.2, 0.25) is 0 Å². The van der Waals surface area contributed by atoms with Crippen LogP contribution in [0.15, 0.2) is 47.2 Å². The molecule has 2 aromatic rings. The van der Waals surface area contributed by atoms with E-state index < -0.39 is 0 Å². The van der Waals surface area contributed by atoms with Crippen LogP contribution in [0.5, 0.6) is 0 Å². The van der Waals surface area contributed by atoms with Crippen LogP contribution in [0.2, 0.25) is 0 Å². The predicted octanol–water partition coefficient (Wildman–Crippen LogP) is 4.05. The summed E-state index contributed by atoms with van der Waals surface area (Å²) in [5.74, 6) is 0. The van der Waals surface area contributed by atoms with E-state index in [1.165, 1.54) is 27.6 Å². The molecule has 0 bridgehead atoms. The van der Waals surface area contributed by atoms with Crippen LogP contribution in [0, 0.1) is 0 Å². The lowest BCUT2D eigenvalue weighted by Crippen LogP contribution is -2.36. The van der Waals surface area contributed by atoms with Gasteiger partial charge in [-0.15, -0.1) is 0 Å². The van der Waals surface area contributed by atoms with Gasteiger partial charge in [0.1, 0.15) is 0 Å². The Balaban J connectivity index is 1.67. The van der Waals surface area contributed by atoms with E-state index in [2.05, 4.69) is 57.4 Å². The topological polar surface area (TPSA) is 24.9 Å². The highest BCUT2D eigenvalue weighted by atomic mass is 79.9. The normalized spacial score (nSPS) is 19.4. The van der Waals surface area contributed by atoms with E-state index in [0.717, 1.165) is 12.8 Å². The van der Waals surface area contributed by atoms with E-state index in [4.69, 9.17) is 0 Å². The molecular weight excluding hydrogens is 312 g/mol. The summed E-state index contributed by atoms with van der Waals surface area (Å²) in [6.07, 6.45) is 7.25. The van der Waals surface area contributed by atoms with Crippen LogP contribution in [0.25, 0.3) is 0 Å². The van der Waals surface area contributed by atoms with Crippen molar-refractivity contribution >= 4 is 15.9 Å². The molecule has 1 aliphatic carbocycles. The zero-order valence-electron chi connectivity index (χ0n) is 11.6. The lowest BCUT2D eigenvalue weighted by atomic mass is 9.88. The van der Waals surface area contributed by atoms with Crippen molar-refractivity contribution in [2.24, 2.45) is 0 Å². The van der Waals surface area contributed by atoms with Gasteiger partial charge in [-0.05, 0) is 61.1 Å². The molecule has 1 aromatic carbocycles. The third kappa shape index (κ3) is 3.10. The van der Waals surface area contributed by atoms with Gasteiger partial charge in [0, 0.05) is 29.0 Å². The molecule has 0 fully saturated rings. The maximum atomic E-state index is 4.20. The molecule has 0 spiro atoms. The fourth-order valence-corrected chi connectivity index (χ4v) is 3.36. The van der Waals surface area contributed by atoms with Crippen molar-refractivity contribution in [3.63, 3.8) is 0 Å². The van der Waals surface area contributed by atoms with Gasteiger partial charge >= 0.3 is 0 Å². The van der Waals surface area contributed by atoms with Crippen molar-refractivity contribution in [1.82, 2.24) is 10.3 Å². The van der Waals surface area contributed by atoms with Crippen LogP contribution < -0.4 is 5.32 Å². The van der Waals surface area contributed by atoms with Crippen LogP contribution >= 0.6 is 15.9 Å². The number of benzene rings is 1. The van der Waals surface area contributed by atoms with Crippen molar-refractivity contribution in [3.8, 4) is 0 Å². The molecular formula is C17H19BrN2. The second kappa shape index (κ2) is 6.06. The molecule has 104 valence electrons. The summed E-state index contributed by atoms with van der Waals surface area (Å²) in [5, 5.41) is 3.74. The molecule has 3 heteroatoms. The number of fused-ring (bicyclic) bond motifs is 1. The van der Waals surface area contributed by atoms with Gasteiger partial charge in [-0.3, -0.25) is 4.98 Å². The number of hydrogen-bond donors (Lipinski definition) is 1. The highest BCUT2D eigenvalue weighted by Gasteiger charge is 2.20. The molecule has 1 heterocycles. The lowest BCUT2D eigenvalue weighted by molar-refractivity contribution is 0.413. The Bertz CT molecular complexity index is 583. The summed E-state index contributed by atoms with van der Waals surface area (Å²) >= 11 is 3.55. The second-order valence-corrected chi connectivity index (χ2v) is 6.44. The fourth-order valence-electron chi connectivity index (χ4n) is 2.95. The van der Waals surface area contributed by atoms with E-state index in [1.54, 1.807) is 0 Å². The predicted molar refractivity (Wildman–Crippen MR) is 85.7 cm³/mol. The molecule has 2 nitrogen and oxygen atoms in total. The zero-order chi connectivity index (χ0) is 13.9. The van der Waals surface area contributed by atoms with E-state index in [9.17, 15) is 0 Å². The third-order valence-electron chi connectivity index (χ3n) is 4.07. The molecule has 0 aliphatic heterocycles. The minimum Gasteiger partial charge on any atom is -0.307 e. The Morgan fingerprint density at radius 3 is 3.00 bits per heavy atom. The first-order chi connectivity index (χ1) is 9.72. The first-order valence-electron chi connectivity index (χ1n) is 7.15. The van der Waals surface area contributed by atoms with Crippen LogP contribution in [0.3, 0.4) is 0 Å². The van der Waals surface area contributed by atoms with Gasteiger partial charge in [0.05, 0.1) is 0 Å². The zero-order valence-corrected chi connectivity index (χ0v) is 13.2. The molecule has 20 heavy (non-hydrogen) atoms. The maximum absolute atomic E-state index is 4.20. The Kier molecular flexibility index (Phi) is 4.18. The van der Waals surface area contributed by atoms with Crippen molar-refractivity contribution in [2.45, 2.75) is 38.3 Å². The van der Waals surface area contributed by atoms with Crippen LogP contribution in [0.1, 0.15) is 36.1 Å². The summed E-state index contributed by atoms with van der Waals surface area (Å²) in [4.78, 5) is 4.20. The van der Waals surface area contributed by atoms with E-state index in [1.807, 2.05) is 18.5 Å². The molecule has 3 rings (SSSR count). The summed E-state index contributed by atoms with van der Waals surface area (Å²) in [6.45, 7) is 2.22. The number of nitrogens with one attached hydrogen (secondary N) is 1. The Hall–Kier alpha value is -1.19. The summed E-state index contributed by atoms with van der Waals surface area (Å²) in [7, 11) is 0. The Morgan fingerprint density at radius 2 is 2.20 bits per heavy atom. The summed E-state index contributed by atoms with van der Waals surface area (Å²) in [5.41, 5.74) is 4.23. The van der Waals surface area contributed by atoms with Crippen molar-refractivity contribution in [2.75, 3.05) is 0 Å². The van der Waals surface area contributed by atoms with Gasteiger partial charge in [-0.1, -0.05) is 28.1 Å². The van der Waals surface area contributed by atoms with E-state index >= 15 is 0 Å². The Morgan fingerprint density at radius 1 is 1.30 bits per heavy atom. The molecule has 1 aromatic heterocycles. The van der Waals surface area contributed by atoms with E-state index in [0.29, 0.717) is 12.1 Å². The minimum absolute atomic E-state index is 0.352. The number of aromatic nitrogens is 1. The molecule has 2 unspecified atom stereocenters. The van der Waals surface area contributed by atoms with Crippen LogP contribution in [-0.2, 0) is 12.8 Å². The highest BCUT2D eigenvalue weighted by Crippen LogP contribution is 2.26. The van der Waals surface area contributed by atoms with Crippen LogP contribution in [0.4, 0.5) is 0 Å². The number of rotatable bonds is 3. The molecule has 0 saturated carbocycles. The van der Waals surface area contributed by atoms with Crippen molar-refractivity contribution < 1.29 is 0 Å². The molecule has 0 saturated heterocycles. The smallest absolute Gasteiger partial charge is 0.0315 e. The first kappa shape index (κ1) is 13.8. The van der Waals surface area contributed by atoms with Gasteiger partial charge in [0.25, 0.3) is 0 Å². The molecule has 0 amide bonds. The number of aryl methyl sites for hydroxylation is 1. The van der Waals surface area contributed by atoms with Crippen LogP contribution in [-0.4, -0.2) is 11.0 Å². The lowest BCUT2D eigenvalue weighted by Gasteiger charge is -2.28. The van der Waals surface area contributed by atoms with Crippen molar-refractivity contribution in [1.29, 1.82) is 0 Å². The molecule has 1 aliphatic rings. The van der Waals surface area contributed by atoms with Crippen molar-refractivity contribution in [3.05, 3.63) is 63.9 Å². The quantitative estimate of drug-likeness (QED) is 0.918. The monoisotopic (exact) mass is 330 g/mol. The molecule has 0 radical (unpaired) electrons. The number of pyridine rings is 1. The van der Waals surface area contributed by atoms with E-state index in [-0.39, 0.29) is 0 Å². The minimum atomic E-state index is 0.352. The second-order valence-electron chi connectivity index (χ2n) is 5.53. The average molecular weight is 331 g/mol. The largest absolute Gasteiger partial charge is 0.307 e. The third-order valence-corrected chi connectivity index (χ3v) is 4.56. The first-order valence-corrected chi connectivity index (χ1v) is 7.95. The number of nitrogens with zero attached hydrogens (tertiary/aromatic N) is 1. The van der Waals surface area contributed by atoms with Gasteiger partial charge in [-0.2, -0.15) is 0 Å². The number of hydrogen-bond acceptors (Lipinski definition) is 2. The summed E-state index contributed by atoms with van der Waals surface area (Å²) < 4.78 is 1.19.